The van der Waals surface area contributed by atoms with E-state index in [0.717, 1.165) is 41.5 Å². The van der Waals surface area contributed by atoms with E-state index in [9.17, 15) is 4.79 Å². The fourth-order valence-electron chi connectivity index (χ4n) is 2.49. The van der Waals surface area contributed by atoms with Crippen molar-refractivity contribution in [2.45, 2.75) is 31.1 Å². The predicted octanol–water partition coefficient (Wildman–Crippen LogP) is 4.98. The number of hydrogen-bond acceptors (Lipinski definition) is 5. The van der Waals surface area contributed by atoms with Crippen molar-refractivity contribution >= 4 is 34.8 Å². The molecule has 1 aliphatic rings. The molecule has 0 N–H and O–H groups in total. The monoisotopic (exact) mass is 359 g/mol. The van der Waals surface area contributed by atoms with Gasteiger partial charge in [0.25, 0.3) is 0 Å². The van der Waals surface area contributed by atoms with Gasteiger partial charge in [-0.3, -0.25) is 4.79 Å². The molecule has 0 unspecified atom stereocenters. The van der Waals surface area contributed by atoms with Crippen LogP contribution in [0.2, 0.25) is 0 Å². The average molecular weight is 360 g/mol. The normalized spacial score (nSPS) is 13.6. The molecule has 24 heavy (non-hydrogen) atoms. The summed E-state index contributed by atoms with van der Waals surface area (Å²) in [4.78, 5) is 19.7. The van der Waals surface area contributed by atoms with Gasteiger partial charge >= 0.3 is 0 Å². The number of nitrogens with zero attached hydrogens (tertiary/aromatic N) is 1. The maximum Gasteiger partial charge on any atom is 0.216 e. The molecule has 5 heteroatoms. The van der Waals surface area contributed by atoms with Crippen LogP contribution in [0.4, 0.5) is 0 Å². The van der Waals surface area contributed by atoms with E-state index >= 15 is 0 Å². The zero-order valence-corrected chi connectivity index (χ0v) is 15.4. The summed E-state index contributed by atoms with van der Waals surface area (Å²) >= 11 is 3.43. The fraction of sp³-hybridized carbons (Fsp3) is 0.368. The number of rotatable bonds is 8. The number of unbranched alkanes of at least 4 members (excludes halogenated alkanes) is 1. The number of thioether (sulfide) groups is 1. The van der Waals surface area contributed by atoms with Gasteiger partial charge in [0.1, 0.15) is 6.61 Å². The van der Waals surface area contributed by atoms with Gasteiger partial charge in [0.15, 0.2) is 5.78 Å². The quantitative estimate of drug-likeness (QED) is 0.379. The summed E-state index contributed by atoms with van der Waals surface area (Å²) in [6, 6.07) is 12.3. The molecule has 126 valence electrons. The van der Waals surface area contributed by atoms with Crippen LogP contribution in [0.3, 0.4) is 0 Å². The van der Waals surface area contributed by atoms with Crippen molar-refractivity contribution < 1.29 is 9.53 Å². The highest BCUT2D eigenvalue weighted by molar-refractivity contribution is 7.99. The first-order chi connectivity index (χ1) is 11.7. The van der Waals surface area contributed by atoms with Gasteiger partial charge in [-0.1, -0.05) is 0 Å². The van der Waals surface area contributed by atoms with E-state index in [2.05, 4.69) is 29.3 Å². The minimum Gasteiger partial charge on any atom is -0.476 e. The maximum atomic E-state index is 12.0. The SMILES string of the molecule is Cc1ccc(C(=O)CCCCSc2ccc(C3=NCCO3)cc2)s1. The molecule has 0 bridgehead atoms. The van der Waals surface area contributed by atoms with Gasteiger partial charge in [0.2, 0.25) is 5.90 Å². The Balaban J connectivity index is 1.36. The lowest BCUT2D eigenvalue weighted by molar-refractivity contribution is 0.0984. The molecule has 2 heterocycles. The van der Waals surface area contributed by atoms with Crippen molar-refractivity contribution in [3.05, 3.63) is 51.7 Å². The van der Waals surface area contributed by atoms with Crippen molar-refractivity contribution in [1.29, 1.82) is 0 Å². The number of Topliss-reactive ketones (excluding diaryl/α,β-unsaturated/α-hetero) is 1. The molecular formula is C19H21NO2S2. The number of ether oxygens (including phenoxy) is 1. The van der Waals surface area contributed by atoms with Gasteiger partial charge in [-0.05, 0) is 61.9 Å². The summed E-state index contributed by atoms with van der Waals surface area (Å²) in [5.74, 6) is 2.07. The summed E-state index contributed by atoms with van der Waals surface area (Å²) in [5.41, 5.74) is 1.05. The Kier molecular flexibility index (Phi) is 6.10. The molecule has 0 saturated carbocycles. The summed E-state index contributed by atoms with van der Waals surface area (Å²) in [6.07, 6.45) is 2.65. The van der Waals surface area contributed by atoms with Crippen molar-refractivity contribution in [2.24, 2.45) is 4.99 Å². The van der Waals surface area contributed by atoms with Crippen LogP contribution < -0.4 is 0 Å². The molecule has 0 atom stereocenters. The molecule has 0 radical (unpaired) electrons. The zero-order valence-electron chi connectivity index (χ0n) is 13.8. The third kappa shape index (κ3) is 4.71. The van der Waals surface area contributed by atoms with Crippen LogP contribution in [0.15, 0.2) is 46.3 Å². The minimum atomic E-state index is 0.278. The van der Waals surface area contributed by atoms with Gasteiger partial charge in [0.05, 0.1) is 11.4 Å². The lowest BCUT2D eigenvalue weighted by Gasteiger charge is -2.04. The lowest BCUT2D eigenvalue weighted by atomic mass is 10.1. The Labute approximate surface area is 151 Å². The standard InChI is InChI=1S/C19H21NO2S2/c1-14-5-10-18(24-14)17(21)4-2-3-13-23-16-8-6-15(7-9-16)19-20-11-12-22-19/h5-10H,2-4,11-13H2,1H3. The third-order valence-electron chi connectivity index (χ3n) is 3.77. The van der Waals surface area contributed by atoms with Crippen LogP contribution in [0.5, 0.6) is 0 Å². The Morgan fingerprint density at radius 3 is 2.71 bits per heavy atom. The molecule has 2 aromatic rings. The highest BCUT2D eigenvalue weighted by atomic mass is 32.2. The Bertz CT molecular complexity index is 719. The highest BCUT2D eigenvalue weighted by Gasteiger charge is 2.10. The first kappa shape index (κ1) is 17.2. The Morgan fingerprint density at radius 2 is 2.04 bits per heavy atom. The summed E-state index contributed by atoms with van der Waals surface area (Å²) < 4.78 is 5.46. The number of hydrogen-bond donors (Lipinski definition) is 0. The molecule has 0 spiro atoms. The molecule has 0 saturated heterocycles. The Morgan fingerprint density at radius 1 is 1.21 bits per heavy atom. The number of carbonyl (C=O) groups excluding carboxylic acids is 1. The van der Waals surface area contributed by atoms with Gasteiger partial charge in [-0.15, -0.1) is 23.1 Å². The number of thiophene rings is 1. The summed E-state index contributed by atoms with van der Waals surface area (Å²) in [6.45, 7) is 3.49. The predicted molar refractivity (Wildman–Crippen MR) is 102 cm³/mol. The van der Waals surface area contributed by atoms with Crippen LogP contribution in [-0.2, 0) is 4.74 Å². The van der Waals surface area contributed by atoms with E-state index in [4.69, 9.17) is 4.74 Å². The number of benzene rings is 1. The van der Waals surface area contributed by atoms with Gasteiger partial charge < -0.3 is 4.74 Å². The van der Waals surface area contributed by atoms with Gasteiger partial charge in [0, 0.05) is 21.8 Å². The smallest absolute Gasteiger partial charge is 0.216 e. The minimum absolute atomic E-state index is 0.278. The van der Waals surface area contributed by atoms with Crippen molar-refractivity contribution in [3.8, 4) is 0 Å². The zero-order chi connectivity index (χ0) is 16.8. The van der Waals surface area contributed by atoms with E-state index in [1.165, 1.54) is 9.77 Å². The second-order valence-corrected chi connectivity index (χ2v) is 8.15. The topological polar surface area (TPSA) is 38.7 Å². The molecule has 1 aromatic heterocycles. The van der Waals surface area contributed by atoms with Crippen LogP contribution in [0.1, 0.15) is 39.4 Å². The highest BCUT2D eigenvalue weighted by Crippen LogP contribution is 2.22. The molecular weight excluding hydrogens is 338 g/mol. The lowest BCUT2D eigenvalue weighted by Crippen LogP contribution is -2.00. The van der Waals surface area contributed by atoms with Crippen LogP contribution in [0, 0.1) is 6.92 Å². The van der Waals surface area contributed by atoms with E-state index in [1.54, 1.807) is 11.3 Å². The van der Waals surface area contributed by atoms with Crippen molar-refractivity contribution in [1.82, 2.24) is 0 Å². The van der Waals surface area contributed by atoms with Gasteiger partial charge in [-0.2, -0.15) is 0 Å². The van der Waals surface area contributed by atoms with Crippen molar-refractivity contribution in [3.63, 3.8) is 0 Å². The third-order valence-corrected chi connectivity index (χ3v) is 5.91. The number of aryl methyl sites for hydroxylation is 1. The molecule has 1 aromatic carbocycles. The van der Waals surface area contributed by atoms with E-state index in [0.29, 0.717) is 13.0 Å². The fourth-order valence-corrected chi connectivity index (χ4v) is 4.24. The Hall–Kier alpha value is -1.59. The second-order valence-electron chi connectivity index (χ2n) is 5.70. The van der Waals surface area contributed by atoms with E-state index in [-0.39, 0.29) is 5.78 Å². The first-order valence-electron chi connectivity index (χ1n) is 8.22. The molecule has 0 amide bonds. The molecule has 0 aliphatic carbocycles. The number of carbonyl (C=O) groups is 1. The first-order valence-corrected chi connectivity index (χ1v) is 10.0. The summed E-state index contributed by atoms with van der Waals surface area (Å²) in [5, 5.41) is 0. The van der Waals surface area contributed by atoms with Crippen molar-refractivity contribution in [2.75, 3.05) is 18.9 Å². The summed E-state index contributed by atoms with van der Waals surface area (Å²) in [7, 11) is 0. The molecule has 1 aliphatic heterocycles. The molecule has 3 nitrogen and oxygen atoms in total. The molecule has 3 rings (SSSR count). The number of ketones is 1. The van der Waals surface area contributed by atoms with Crippen LogP contribution in [-0.4, -0.2) is 30.6 Å². The van der Waals surface area contributed by atoms with E-state index in [1.807, 2.05) is 30.8 Å². The largest absolute Gasteiger partial charge is 0.476 e. The van der Waals surface area contributed by atoms with Crippen LogP contribution in [0.25, 0.3) is 0 Å². The van der Waals surface area contributed by atoms with Gasteiger partial charge in [-0.25, -0.2) is 4.99 Å². The number of aliphatic imine (C=N–C) groups is 1. The second kappa shape index (κ2) is 8.49. The average Bonchev–Trinajstić information content (AvgIpc) is 3.26. The maximum absolute atomic E-state index is 12.0. The van der Waals surface area contributed by atoms with Crippen LogP contribution >= 0.6 is 23.1 Å². The molecule has 0 fully saturated rings. The van der Waals surface area contributed by atoms with E-state index < -0.39 is 0 Å².